The average molecular weight is 309 g/mol. The number of nitrogens with zero attached hydrogens (tertiary/aromatic N) is 1. The highest BCUT2D eigenvalue weighted by atomic mass is 32.1. The van der Waals surface area contributed by atoms with Crippen molar-refractivity contribution in [1.29, 1.82) is 0 Å². The number of rotatable bonds is 6. The number of aryl methyl sites for hydroxylation is 1. The Morgan fingerprint density at radius 2 is 1.76 bits per heavy atom. The number of hydrogen-bond donors (Lipinski definition) is 1. The number of thiazole rings is 1. The molecule has 1 N–H and O–H groups in total. The van der Waals surface area contributed by atoms with Gasteiger partial charge in [0.05, 0.1) is 43.7 Å². The first kappa shape index (κ1) is 15.6. The van der Waals surface area contributed by atoms with Gasteiger partial charge in [-0.1, -0.05) is 0 Å². The fourth-order valence-corrected chi connectivity index (χ4v) is 2.79. The first-order valence-electron chi connectivity index (χ1n) is 6.48. The summed E-state index contributed by atoms with van der Waals surface area (Å²) >= 11 is 1.56. The number of benzene rings is 1. The quantitative estimate of drug-likeness (QED) is 0.889. The predicted molar refractivity (Wildman–Crippen MR) is 81.6 cm³/mol. The molecular weight excluding hydrogens is 290 g/mol. The summed E-state index contributed by atoms with van der Waals surface area (Å²) in [6, 6.07) is 3.46. The zero-order valence-corrected chi connectivity index (χ0v) is 13.4. The van der Waals surface area contributed by atoms with Crippen molar-refractivity contribution >= 4 is 11.3 Å². The van der Waals surface area contributed by atoms with Gasteiger partial charge in [-0.25, -0.2) is 4.98 Å². The maximum atomic E-state index is 10.5. The molecule has 0 saturated carbocycles. The van der Waals surface area contributed by atoms with Crippen LogP contribution in [0.3, 0.4) is 0 Å². The van der Waals surface area contributed by atoms with E-state index in [1.165, 1.54) is 0 Å². The molecule has 1 heterocycles. The molecule has 0 fully saturated rings. The second-order valence-electron chi connectivity index (χ2n) is 4.52. The lowest BCUT2D eigenvalue weighted by atomic mass is 10.0. The van der Waals surface area contributed by atoms with Gasteiger partial charge in [0.15, 0.2) is 0 Å². The van der Waals surface area contributed by atoms with Gasteiger partial charge < -0.3 is 19.3 Å². The third-order valence-electron chi connectivity index (χ3n) is 3.16. The molecule has 0 spiro atoms. The Morgan fingerprint density at radius 1 is 1.14 bits per heavy atom. The average Bonchev–Trinajstić information content (AvgIpc) is 2.90. The predicted octanol–water partition coefficient (Wildman–Crippen LogP) is 2.75. The highest BCUT2D eigenvalue weighted by molar-refractivity contribution is 7.09. The third kappa shape index (κ3) is 3.46. The van der Waals surface area contributed by atoms with Gasteiger partial charge >= 0.3 is 0 Å². The molecule has 5 nitrogen and oxygen atoms in total. The first-order chi connectivity index (χ1) is 10.1. The molecule has 2 rings (SSSR count). The van der Waals surface area contributed by atoms with Crippen LogP contribution in [0.5, 0.6) is 17.2 Å². The van der Waals surface area contributed by atoms with E-state index in [1.54, 1.807) is 44.8 Å². The molecule has 1 aromatic heterocycles. The van der Waals surface area contributed by atoms with Crippen LogP contribution in [0.15, 0.2) is 17.5 Å². The first-order valence-corrected chi connectivity index (χ1v) is 7.36. The van der Waals surface area contributed by atoms with Crippen LogP contribution in [0.2, 0.25) is 0 Å². The van der Waals surface area contributed by atoms with E-state index in [4.69, 9.17) is 14.2 Å². The number of aliphatic hydroxyl groups excluding tert-OH is 1. The minimum atomic E-state index is -0.762. The summed E-state index contributed by atoms with van der Waals surface area (Å²) in [5, 5.41) is 13.5. The molecule has 0 aliphatic heterocycles. The van der Waals surface area contributed by atoms with Gasteiger partial charge in [-0.2, -0.15) is 0 Å². The molecule has 114 valence electrons. The van der Waals surface area contributed by atoms with Crippen LogP contribution in [0.25, 0.3) is 0 Å². The zero-order valence-electron chi connectivity index (χ0n) is 12.5. The van der Waals surface area contributed by atoms with Crippen LogP contribution in [0.1, 0.15) is 22.4 Å². The van der Waals surface area contributed by atoms with E-state index in [9.17, 15) is 5.11 Å². The topological polar surface area (TPSA) is 60.8 Å². The monoisotopic (exact) mass is 309 g/mol. The van der Waals surface area contributed by atoms with E-state index >= 15 is 0 Å². The lowest BCUT2D eigenvalue weighted by Gasteiger charge is -2.18. The van der Waals surface area contributed by atoms with Crippen molar-refractivity contribution in [1.82, 2.24) is 4.98 Å². The molecule has 0 aliphatic carbocycles. The molecule has 0 amide bonds. The van der Waals surface area contributed by atoms with Crippen molar-refractivity contribution in [2.45, 2.75) is 19.4 Å². The molecular formula is C15H19NO4S. The molecule has 2 aromatic rings. The Hall–Kier alpha value is -1.79. The summed E-state index contributed by atoms with van der Waals surface area (Å²) in [5.74, 6) is 1.68. The second-order valence-corrected chi connectivity index (χ2v) is 5.59. The summed E-state index contributed by atoms with van der Waals surface area (Å²) in [4.78, 5) is 4.37. The summed E-state index contributed by atoms with van der Waals surface area (Å²) in [6.07, 6.45) is -0.356. The van der Waals surface area contributed by atoms with Crippen LogP contribution < -0.4 is 14.2 Å². The van der Waals surface area contributed by atoms with Crippen molar-refractivity contribution in [3.63, 3.8) is 0 Å². The highest BCUT2D eigenvalue weighted by Crippen LogP contribution is 2.39. The minimum absolute atomic E-state index is 0.406. The summed E-state index contributed by atoms with van der Waals surface area (Å²) in [7, 11) is 4.68. The smallest absolute Gasteiger partial charge is 0.132 e. The van der Waals surface area contributed by atoms with Gasteiger partial charge in [-0.15, -0.1) is 11.3 Å². The van der Waals surface area contributed by atoms with Crippen LogP contribution in [0.4, 0.5) is 0 Å². The van der Waals surface area contributed by atoms with E-state index in [0.717, 1.165) is 10.7 Å². The maximum absolute atomic E-state index is 10.5. The summed E-state index contributed by atoms with van der Waals surface area (Å²) < 4.78 is 15.9. The molecule has 21 heavy (non-hydrogen) atoms. The van der Waals surface area contributed by atoms with Crippen LogP contribution in [0, 0.1) is 6.92 Å². The second kappa shape index (κ2) is 6.78. The minimum Gasteiger partial charge on any atom is -0.496 e. The Bertz CT molecular complexity index is 586. The molecule has 1 aromatic carbocycles. The van der Waals surface area contributed by atoms with E-state index in [0.29, 0.717) is 29.2 Å². The van der Waals surface area contributed by atoms with E-state index in [2.05, 4.69) is 4.98 Å². The van der Waals surface area contributed by atoms with Crippen LogP contribution in [-0.4, -0.2) is 31.4 Å². The molecule has 0 saturated heterocycles. The Balaban J connectivity index is 2.36. The maximum Gasteiger partial charge on any atom is 0.132 e. The van der Waals surface area contributed by atoms with E-state index < -0.39 is 6.10 Å². The largest absolute Gasteiger partial charge is 0.496 e. The van der Waals surface area contributed by atoms with Crippen molar-refractivity contribution in [3.8, 4) is 17.2 Å². The number of hydrogen-bond acceptors (Lipinski definition) is 6. The Labute approximate surface area is 128 Å². The zero-order chi connectivity index (χ0) is 15.4. The molecule has 1 atom stereocenters. The Kier molecular flexibility index (Phi) is 5.03. The third-order valence-corrected chi connectivity index (χ3v) is 3.98. The van der Waals surface area contributed by atoms with E-state index in [-0.39, 0.29) is 0 Å². The van der Waals surface area contributed by atoms with Gasteiger partial charge in [-0.3, -0.25) is 0 Å². The van der Waals surface area contributed by atoms with Gasteiger partial charge in [0.2, 0.25) is 0 Å². The van der Waals surface area contributed by atoms with Gasteiger partial charge in [0.1, 0.15) is 17.2 Å². The number of methoxy groups -OCH3 is 3. The standard InChI is InChI=1S/C15H19NO4S/c1-9-16-10(8-21-9)5-12(17)15-13(19-3)6-11(18-2)7-14(15)20-4/h6-8,12,17H,5H2,1-4H3. The molecule has 0 aliphatic rings. The van der Waals surface area contributed by atoms with Crippen molar-refractivity contribution in [2.24, 2.45) is 0 Å². The van der Waals surface area contributed by atoms with Crippen molar-refractivity contribution < 1.29 is 19.3 Å². The number of ether oxygens (including phenoxy) is 3. The molecule has 1 unspecified atom stereocenters. The fourth-order valence-electron chi connectivity index (χ4n) is 2.16. The van der Waals surface area contributed by atoms with Crippen molar-refractivity contribution in [3.05, 3.63) is 33.8 Å². The molecule has 0 bridgehead atoms. The fraction of sp³-hybridized carbons (Fsp3) is 0.400. The lowest BCUT2D eigenvalue weighted by Crippen LogP contribution is -2.07. The Morgan fingerprint density at radius 3 is 2.19 bits per heavy atom. The lowest BCUT2D eigenvalue weighted by molar-refractivity contribution is 0.168. The van der Waals surface area contributed by atoms with Crippen molar-refractivity contribution in [2.75, 3.05) is 21.3 Å². The van der Waals surface area contributed by atoms with Gasteiger partial charge in [0.25, 0.3) is 0 Å². The van der Waals surface area contributed by atoms with E-state index in [1.807, 2.05) is 12.3 Å². The molecule has 6 heteroatoms. The summed E-state index contributed by atoms with van der Waals surface area (Å²) in [5.41, 5.74) is 1.45. The SMILES string of the molecule is COc1cc(OC)c(C(O)Cc2csc(C)n2)c(OC)c1. The number of aliphatic hydroxyl groups is 1. The van der Waals surface area contributed by atoms with Gasteiger partial charge in [0, 0.05) is 23.9 Å². The highest BCUT2D eigenvalue weighted by Gasteiger charge is 2.21. The van der Waals surface area contributed by atoms with Crippen LogP contribution >= 0.6 is 11.3 Å². The molecule has 0 radical (unpaired) electrons. The number of aromatic nitrogens is 1. The van der Waals surface area contributed by atoms with Gasteiger partial charge in [-0.05, 0) is 6.92 Å². The van der Waals surface area contributed by atoms with Crippen LogP contribution in [-0.2, 0) is 6.42 Å². The normalized spacial score (nSPS) is 12.0. The summed E-state index contributed by atoms with van der Waals surface area (Å²) in [6.45, 7) is 1.94.